The summed E-state index contributed by atoms with van der Waals surface area (Å²) < 4.78 is 5.67. The lowest BCUT2D eigenvalue weighted by Crippen LogP contribution is -2.32. The van der Waals surface area contributed by atoms with Gasteiger partial charge in [-0.2, -0.15) is 0 Å². The van der Waals surface area contributed by atoms with Crippen molar-refractivity contribution in [2.24, 2.45) is 0 Å². The summed E-state index contributed by atoms with van der Waals surface area (Å²) in [6, 6.07) is 14.2. The maximum atomic E-state index is 12.0. The molecule has 0 fully saturated rings. The number of nitro groups is 1. The molecule has 0 radical (unpaired) electrons. The van der Waals surface area contributed by atoms with E-state index in [-0.39, 0.29) is 10.8 Å². The van der Waals surface area contributed by atoms with Crippen molar-refractivity contribution in [3.8, 4) is 11.3 Å². The summed E-state index contributed by atoms with van der Waals surface area (Å²) in [6.45, 7) is 0. The molecule has 3 rings (SSSR count). The summed E-state index contributed by atoms with van der Waals surface area (Å²) in [5, 5.41) is 16.9. The molecule has 152 valence electrons. The molecule has 1 heterocycles. The van der Waals surface area contributed by atoms with Gasteiger partial charge in [-0.25, -0.2) is 0 Å². The van der Waals surface area contributed by atoms with Gasteiger partial charge in [0.15, 0.2) is 5.11 Å². The molecule has 0 saturated carbocycles. The lowest BCUT2D eigenvalue weighted by atomic mass is 10.2. The molecule has 10 heteroatoms. The van der Waals surface area contributed by atoms with E-state index >= 15 is 0 Å². The van der Waals surface area contributed by atoms with Crippen molar-refractivity contribution in [2.75, 3.05) is 5.32 Å². The third-order valence-electron chi connectivity index (χ3n) is 3.77. The summed E-state index contributed by atoms with van der Waals surface area (Å²) in [5.41, 5.74) is 0.963. The summed E-state index contributed by atoms with van der Waals surface area (Å²) in [6.07, 6.45) is 2.71. The molecule has 7 nitrogen and oxygen atoms in total. The Morgan fingerprint density at radius 1 is 1.13 bits per heavy atom. The van der Waals surface area contributed by atoms with E-state index in [9.17, 15) is 14.9 Å². The summed E-state index contributed by atoms with van der Waals surface area (Å²) in [7, 11) is 0. The first-order valence-corrected chi connectivity index (χ1v) is 9.58. The van der Waals surface area contributed by atoms with E-state index in [1.807, 2.05) is 0 Å². The number of rotatable bonds is 5. The molecule has 0 unspecified atom stereocenters. The Hall–Kier alpha value is -3.20. The molecular weight excluding hydrogens is 449 g/mol. The highest BCUT2D eigenvalue weighted by Gasteiger charge is 2.10. The number of carbonyl (C=O) groups excluding carboxylic acids is 1. The van der Waals surface area contributed by atoms with Crippen LogP contribution < -0.4 is 10.6 Å². The fraction of sp³-hybridized carbons (Fsp3) is 0. The lowest BCUT2D eigenvalue weighted by molar-refractivity contribution is -0.384. The third-order valence-corrected chi connectivity index (χ3v) is 4.53. The number of furan rings is 1. The molecule has 0 atom stereocenters. The van der Waals surface area contributed by atoms with Gasteiger partial charge in [-0.3, -0.25) is 20.2 Å². The van der Waals surface area contributed by atoms with Gasteiger partial charge in [0.1, 0.15) is 11.5 Å². The van der Waals surface area contributed by atoms with Crippen molar-refractivity contribution >= 4 is 63.9 Å². The molecule has 2 aromatic carbocycles. The zero-order chi connectivity index (χ0) is 21.7. The van der Waals surface area contributed by atoms with Gasteiger partial charge in [-0.1, -0.05) is 29.3 Å². The number of benzene rings is 2. The van der Waals surface area contributed by atoms with Crippen molar-refractivity contribution in [3.05, 3.63) is 86.6 Å². The van der Waals surface area contributed by atoms with E-state index in [1.165, 1.54) is 30.4 Å². The fourth-order valence-electron chi connectivity index (χ4n) is 2.45. The molecule has 2 N–H and O–H groups in total. The van der Waals surface area contributed by atoms with E-state index in [0.29, 0.717) is 32.8 Å². The molecule has 1 aromatic heterocycles. The zero-order valence-corrected chi connectivity index (χ0v) is 17.4. The SMILES string of the molecule is O=C(/C=C/c1ccc(-c2ccc(Cl)cc2Cl)o1)NC(=S)Nc1cccc([N+](=O)[O-])c1. The van der Waals surface area contributed by atoms with Crippen LogP contribution in [0.3, 0.4) is 0 Å². The smallest absolute Gasteiger partial charge is 0.271 e. The van der Waals surface area contributed by atoms with E-state index in [4.69, 9.17) is 39.8 Å². The number of anilines is 1. The second-order valence-corrected chi connectivity index (χ2v) is 7.16. The van der Waals surface area contributed by atoms with Crippen LogP contribution in [-0.4, -0.2) is 15.9 Å². The lowest BCUT2D eigenvalue weighted by Gasteiger charge is -2.07. The van der Waals surface area contributed by atoms with Crippen molar-refractivity contribution < 1.29 is 14.1 Å². The van der Waals surface area contributed by atoms with Crippen LogP contribution >= 0.6 is 35.4 Å². The van der Waals surface area contributed by atoms with Crippen molar-refractivity contribution in [2.45, 2.75) is 0 Å². The highest BCUT2D eigenvalue weighted by molar-refractivity contribution is 7.80. The van der Waals surface area contributed by atoms with E-state index in [1.54, 1.807) is 36.4 Å². The van der Waals surface area contributed by atoms with Crippen LogP contribution in [0.25, 0.3) is 17.4 Å². The minimum Gasteiger partial charge on any atom is -0.457 e. The number of thiocarbonyl (C=S) groups is 1. The third kappa shape index (κ3) is 5.66. The van der Waals surface area contributed by atoms with Crippen LogP contribution in [0.2, 0.25) is 10.0 Å². The van der Waals surface area contributed by atoms with Gasteiger partial charge < -0.3 is 9.73 Å². The summed E-state index contributed by atoms with van der Waals surface area (Å²) >= 11 is 17.1. The Bertz CT molecular complexity index is 1160. The Morgan fingerprint density at radius 3 is 2.67 bits per heavy atom. The topological polar surface area (TPSA) is 97.4 Å². The van der Waals surface area contributed by atoms with Crippen LogP contribution in [0.1, 0.15) is 5.76 Å². The van der Waals surface area contributed by atoms with Gasteiger partial charge in [0.05, 0.1) is 9.95 Å². The van der Waals surface area contributed by atoms with Crippen LogP contribution in [0, 0.1) is 10.1 Å². The predicted molar refractivity (Wildman–Crippen MR) is 121 cm³/mol. The van der Waals surface area contributed by atoms with Gasteiger partial charge in [-0.15, -0.1) is 0 Å². The van der Waals surface area contributed by atoms with Crippen LogP contribution in [0.5, 0.6) is 0 Å². The van der Waals surface area contributed by atoms with Crippen LogP contribution in [-0.2, 0) is 4.79 Å². The first-order valence-electron chi connectivity index (χ1n) is 8.41. The van der Waals surface area contributed by atoms with E-state index < -0.39 is 10.8 Å². The molecule has 1 amide bonds. The molecule has 0 saturated heterocycles. The number of amides is 1. The minimum absolute atomic E-state index is 0.00164. The minimum atomic E-state index is -0.523. The Kier molecular flexibility index (Phi) is 6.83. The van der Waals surface area contributed by atoms with E-state index in [2.05, 4.69) is 10.6 Å². The average molecular weight is 462 g/mol. The maximum absolute atomic E-state index is 12.0. The highest BCUT2D eigenvalue weighted by atomic mass is 35.5. The van der Waals surface area contributed by atoms with Crippen molar-refractivity contribution in [1.82, 2.24) is 5.32 Å². The number of hydrogen-bond acceptors (Lipinski definition) is 5. The maximum Gasteiger partial charge on any atom is 0.271 e. The molecule has 30 heavy (non-hydrogen) atoms. The predicted octanol–water partition coefficient (Wildman–Crippen LogP) is 5.69. The first kappa shape index (κ1) is 21.5. The first-order chi connectivity index (χ1) is 14.3. The standard InChI is InChI=1S/C20H13Cl2N3O4S/c21-12-4-7-16(17(22)10-12)18-8-5-15(29-18)6-9-19(26)24-20(30)23-13-2-1-3-14(11-13)25(27)28/h1-11H,(H2,23,24,26,30)/b9-6+. The van der Waals surface area contributed by atoms with Crippen LogP contribution in [0.4, 0.5) is 11.4 Å². The quantitative estimate of drug-likeness (QED) is 0.219. The zero-order valence-electron chi connectivity index (χ0n) is 15.1. The number of nitro benzene ring substituents is 1. The van der Waals surface area contributed by atoms with Crippen LogP contribution in [0.15, 0.2) is 65.1 Å². The largest absolute Gasteiger partial charge is 0.457 e. The Balaban J connectivity index is 1.59. The van der Waals surface area contributed by atoms with Crippen molar-refractivity contribution in [3.63, 3.8) is 0 Å². The molecule has 0 aliphatic rings. The Morgan fingerprint density at radius 2 is 1.93 bits per heavy atom. The monoisotopic (exact) mass is 461 g/mol. The highest BCUT2D eigenvalue weighted by Crippen LogP contribution is 2.31. The average Bonchev–Trinajstić information content (AvgIpc) is 3.15. The molecular formula is C20H13Cl2N3O4S. The summed E-state index contributed by atoms with van der Waals surface area (Å²) in [4.78, 5) is 22.3. The van der Waals surface area contributed by atoms with Gasteiger partial charge in [-0.05, 0) is 54.7 Å². The molecule has 0 bridgehead atoms. The van der Waals surface area contributed by atoms with Crippen molar-refractivity contribution in [1.29, 1.82) is 0 Å². The Labute approximate surface area is 186 Å². The molecule has 0 aliphatic carbocycles. The molecule has 3 aromatic rings. The van der Waals surface area contributed by atoms with Gasteiger partial charge in [0.2, 0.25) is 5.91 Å². The molecule has 0 spiro atoms. The van der Waals surface area contributed by atoms with E-state index in [0.717, 1.165) is 0 Å². The number of halogens is 2. The van der Waals surface area contributed by atoms with Gasteiger partial charge in [0.25, 0.3) is 5.69 Å². The second-order valence-electron chi connectivity index (χ2n) is 5.91. The number of non-ortho nitro benzene ring substituents is 1. The number of hydrogen-bond donors (Lipinski definition) is 2. The number of nitrogens with one attached hydrogen (secondary N) is 2. The van der Waals surface area contributed by atoms with Gasteiger partial charge >= 0.3 is 0 Å². The fourth-order valence-corrected chi connectivity index (χ4v) is 3.17. The van der Waals surface area contributed by atoms with Gasteiger partial charge in [0, 0.05) is 34.5 Å². The molecule has 0 aliphatic heterocycles. The number of nitrogens with zero attached hydrogens (tertiary/aromatic N) is 1. The normalized spacial score (nSPS) is 10.7. The summed E-state index contributed by atoms with van der Waals surface area (Å²) in [5.74, 6) is 0.462. The second kappa shape index (κ2) is 9.53. The number of carbonyl (C=O) groups is 1.